The van der Waals surface area contributed by atoms with E-state index in [0.717, 1.165) is 22.6 Å². The summed E-state index contributed by atoms with van der Waals surface area (Å²) in [5.74, 6) is 0.259. The van der Waals surface area contributed by atoms with Gasteiger partial charge in [-0.3, -0.25) is 4.98 Å². The number of nitrogens with one attached hydrogen (secondary N) is 1. The van der Waals surface area contributed by atoms with E-state index in [1.807, 2.05) is 19.9 Å². The minimum atomic E-state index is -0.534. The van der Waals surface area contributed by atoms with Gasteiger partial charge in [-0.15, -0.1) is 0 Å². The van der Waals surface area contributed by atoms with Gasteiger partial charge in [-0.05, 0) is 26.0 Å². The lowest BCUT2D eigenvalue weighted by molar-refractivity contribution is 0.407. The number of pyridine rings is 1. The lowest BCUT2D eigenvalue weighted by atomic mass is 10.1. The molecule has 0 radical (unpaired) electrons. The predicted octanol–water partition coefficient (Wildman–Crippen LogP) is 3.33. The lowest BCUT2D eigenvalue weighted by Gasteiger charge is -2.14. The third-order valence-electron chi connectivity index (χ3n) is 3.32. The zero-order valence-electron chi connectivity index (χ0n) is 12.2. The second kappa shape index (κ2) is 6.23. The lowest BCUT2D eigenvalue weighted by Crippen LogP contribution is -2.07. The molecule has 108 valence electrons. The highest BCUT2D eigenvalue weighted by molar-refractivity contribution is 5.58. The van der Waals surface area contributed by atoms with Gasteiger partial charge in [-0.1, -0.05) is 6.07 Å². The number of methoxy groups -OCH3 is 1. The van der Waals surface area contributed by atoms with Gasteiger partial charge in [0.05, 0.1) is 25.0 Å². The molecule has 1 N–H and O–H groups in total. The summed E-state index contributed by atoms with van der Waals surface area (Å²) in [7, 11) is 1.62. The topological polar surface area (TPSA) is 57.9 Å². The van der Waals surface area contributed by atoms with E-state index in [2.05, 4.69) is 10.3 Å². The van der Waals surface area contributed by atoms with E-state index in [9.17, 15) is 4.39 Å². The summed E-state index contributed by atoms with van der Waals surface area (Å²) in [4.78, 5) is 4.36. The molecule has 0 aliphatic rings. The van der Waals surface area contributed by atoms with Gasteiger partial charge in [0.15, 0.2) is 0 Å². The molecule has 0 unspecified atom stereocenters. The van der Waals surface area contributed by atoms with Crippen LogP contribution in [0.5, 0.6) is 5.75 Å². The van der Waals surface area contributed by atoms with Gasteiger partial charge in [0.25, 0.3) is 0 Å². The molecule has 21 heavy (non-hydrogen) atoms. The van der Waals surface area contributed by atoms with E-state index in [0.29, 0.717) is 12.2 Å². The number of aryl methyl sites for hydroxylation is 1. The first-order valence-electron chi connectivity index (χ1n) is 6.50. The largest absolute Gasteiger partial charge is 0.496 e. The minimum absolute atomic E-state index is 0.00855. The van der Waals surface area contributed by atoms with E-state index in [4.69, 9.17) is 10.00 Å². The summed E-state index contributed by atoms with van der Waals surface area (Å²) < 4.78 is 18.9. The molecule has 1 aromatic carbocycles. The number of nitriles is 1. The van der Waals surface area contributed by atoms with Gasteiger partial charge >= 0.3 is 0 Å². The van der Waals surface area contributed by atoms with Crippen molar-refractivity contribution >= 4 is 5.69 Å². The molecule has 0 saturated carbocycles. The third kappa shape index (κ3) is 2.95. The quantitative estimate of drug-likeness (QED) is 0.936. The van der Waals surface area contributed by atoms with Crippen molar-refractivity contribution in [2.75, 3.05) is 12.4 Å². The van der Waals surface area contributed by atoms with E-state index in [1.54, 1.807) is 25.4 Å². The molecule has 0 aliphatic carbocycles. The van der Waals surface area contributed by atoms with Crippen LogP contribution in [0, 0.1) is 31.0 Å². The molecule has 0 aliphatic heterocycles. The number of nitrogens with zero attached hydrogens (tertiary/aromatic N) is 2. The Labute approximate surface area is 123 Å². The highest BCUT2D eigenvalue weighted by atomic mass is 19.1. The molecule has 0 amide bonds. The van der Waals surface area contributed by atoms with Crippen LogP contribution in [0.2, 0.25) is 0 Å². The van der Waals surface area contributed by atoms with Crippen molar-refractivity contribution in [2.24, 2.45) is 0 Å². The second-order valence-electron chi connectivity index (χ2n) is 4.67. The van der Waals surface area contributed by atoms with Crippen molar-refractivity contribution in [3.63, 3.8) is 0 Å². The predicted molar refractivity (Wildman–Crippen MR) is 78.7 cm³/mol. The molecule has 0 fully saturated rings. The maximum atomic E-state index is 13.5. The molecule has 5 heteroatoms. The molecular weight excluding hydrogens is 269 g/mol. The van der Waals surface area contributed by atoms with Crippen molar-refractivity contribution < 1.29 is 9.13 Å². The fraction of sp³-hybridized carbons (Fsp3) is 0.250. The Kier molecular flexibility index (Phi) is 4.39. The van der Waals surface area contributed by atoms with Crippen LogP contribution in [0.25, 0.3) is 0 Å². The molecule has 0 saturated heterocycles. The highest BCUT2D eigenvalue weighted by Crippen LogP contribution is 2.25. The first-order valence-corrected chi connectivity index (χ1v) is 6.50. The summed E-state index contributed by atoms with van der Waals surface area (Å²) in [6, 6.07) is 6.36. The van der Waals surface area contributed by atoms with Gasteiger partial charge in [-0.25, -0.2) is 4.39 Å². The number of benzene rings is 1. The summed E-state index contributed by atoms with van der Waals surface area (Å²) in [6.45, 7) is 4.24. The molecule has 4 nitrogen and oxygen atoms in total. The average molecular weight is 285 g/mol. The fourth-order valence-electron chi connectivity index (χ4n) is 2.21. The van der Waals surface area contributed by atoms with Gasteiger partial charge < -0.3 is 10.1 Å². The monoisotopic (exact) mass is 285 g/mol. The van der Waals surface area contributed by atoms with Crippen LogP contribution in [-0.4, -0.2) is 12.1 Å². The Morgan fingerprint density at radius 3 is 2.81 bits per heavy atom. The molecule has 1 heterocycles. The Morgan fingerprint density at radius 2 is 2.14 bits per heavy atom. The number of hydrogen-bond acceptors (Lipinski definition) is 4. The van der Waals surface area contributed by atoms with E-state index in [-0.39, 0.29) is 5.56 Å². The number of aromatic nitrogens is 1. The highest BCUT2D eigenvalue weighted by Gasteiger charge is 2.11. The number of anilines is 1. The maximum absolute atomic E-state index is 13.5. The van der Waals surface area contributed by atoms with Crippen molar-refractivity contribution in [1.82, 2.24) is 4.98 Å². The summed E-state index contributed by atoms with van der Waals surface area (Å²) >= 11 is 0. The zero-order valence-corrected chi connectivity index (χ0v) is 12.2. The Balaban J connectivity index is 2.26. The number of hydrogen-bond donors (Lipinski definition) is 1. The van der Waals surface area contributed by atoms with E-state index < -0.39 is 5.82 Å². The Bertz CT molecular complexity index is 707. The molecular formula is C16H16FN3O. The molecule has 0 spiro atoms. The summed E-state index contributed by atoms with van der Waals surface area (Å²) in [5, 5.41) is 12.1. The standard InChI is InChI=1S/C16H16FN3O/c1-10-8-19-15(11(2)16(10)21-3)9-20-14-6-4-5-13(17)12(14)7-18/h4-6,8,20H,9H2,1-3H3. The zero-order chi connectivity index (χ0) is 15.4. The maximum Gasteiger partial charge on any atom is 0.143 e. The van der Waals surface area contributed by atoms with Crippen LogP contribution < -0.4 is 10.1 Å². The van der Waals surface area contributed by atoms with Crippen LogP contribution in [-0.2, 0) is 6.54 Å². The number of ether oxygens (including phenoxy) is 1. The van der Waals surface area contributed by atoms with Crippen LogP contribution in [0.15, 0.2) is 24.4 Å². The van der Waals surface area contributed by atoms with E-state index in [1.165, 1.54) is 6.07 Å². The minimum Gasteiger partial charge on any atom is -0.496 e. The van der Waals surface area contributed by atoms with Crippen LogP contribution >= 0.6 is 0 Å². The van der Waals surface area contributed by atoms with E-state index >= 15 is 0 Å². The normalized spacial score (nSPS) is 10.0. The number of halogens is 1. The molecule has 0 bridgehead atoms. The van der Waals surface area contributed by atoms with Crippen LogP contribution in [0.1, 0.15) is 22.4 Å². The van der Waals surface area contributed by atoms with Crippen LogP contribution in [0.3, 0.4) is 0 Å². The Hall–Kier alpha value is -2.61. The van der Waals surface area contributed by atoms with Gasteiger partial charge in [0.1, 0.15) is 23.2 Å². The molecule has 2 rings (SSSR count). The Morgan fingerprint density at radius 1 is 1.38 bits per heavy atom. The molecule has 0 atom stereocenters. The van der Waals surface area contributed by atoms with Crippen molar-refractivity contribution in [3.05, 3.63) is 52.6 Å². The molecule has 2 aromatic rings. The van der Waals surface area contributed by atoms with Crippen molar-refractivity contribution in [2.45, 2.75) is 20.4 Å². The second-order valence-corrected chi connectivity index (χ2v) is 4.67. The SMILES string of the molecule is COc1c(C)cnc(CNc2cccc(F)c2C#N)c1C. The number of rotatable bonds is 4. The van der Waals surface area contributed by atoms with Crippen molar-refractivity contribution in [3.8, 4) is 11.8 Å². The summed E-state index contributed by atoms with van der Waals surface area (Å²) in [5.41, 5.74) is 3.15. The fourth-order valence-corrected chi connectivity index (χ4v) is 2.21. The van der Waals surface area contributed by atoms with Gasteiger partial charge in [-0.2, -0.15) is 5.26 Å². The first kappa shape index (κ1) is 14.8. The first-order chi connectivity index (χ1) is 10.1. The smallest absolute Gasteiger partial charge is 0.143 e. The van der Waals surface area contributed by atoms with Gasteiger partial charge in [0.2, 0.25) is 0 Å². The van der Waals surface area contributed by atoms with Gasteiger partial charge in [0, 0.05) is 17.3 Å². The van der Waals surface area contributed by atoms with Crippen molar-refractivity contribution in [1.29, 1.82) is 5.26 Å². The van der Waals surface area contributed by atoms with Crippen LogP contribution in [0.4, 0.5) is 10.1 Å². The third-order valence-corrected chi connectivity index (χ3v) is 3.32. The average Bonchev–Trinajstić information content (AvgIpc) is 2.47. The molecule has 1 aromatic heterocycles. The summed E-state index contributed by atoms with van der Waals surface area (Å²) in [6.07, 6.45) is 1.74.